The lowest BCUT2D eigenvalue weighted by Crippen LogP contribution is -2.54. The Morgan fingerprint density at radius 3 is 2.22 bits per heavy atom. The van der Waals surface area contributed by atoms with Crippen LogP contribution in [0.25, 0.3) is 0 Å². The fraction of sp³-hybridized carbons (Fsp3) is 0.695. The van der Waals surface area contributed by atoms with E-state index < -0.39 is 36.0 Å². The molecule has 4 amide bonds. The molecular weight excluding hydrogens is 997 g/mol. The first-order valence-corrected chi connectivity index (χ1v) is 28.5. The molecule has 0 spiro atoms. The van der Waals surface area contributed by atoms with E-state index >= 15 is 0 Å². The van der Waals surface area contributed by atoms with Crippen LogP contribution in [0.1, 0.15) is 104 Å². The lowest BCUT2D eigenvalue weighted by molar-refractivity contribution is -0.149. The highest BCUT2D eigenvalue weighted by molar-refractivity contribution is 5.93. The number of rotatable bonds is 35. The van der Waals surface area contributed by atoms with E-state index in [2.05, 4.69) is 41.0 Å². The van der Waals surface area contributed by atoms with Crippen LogP contribution in [0.5, 0.6) is 0 Å². The summed E-state index contributed by atoms with van der Waals surface area (Å²) in [7, 11) is 7.00. The molecule has 2 bridgehead atoms. The number of allylic oxidation sites excluding steroid dienone is 1. The Bertz CT molecular complexity index is 2310. The standard InChI is InChI=1S/C59H90N8O11/c1-11-40(4)55(64(8)59(73)48(39(2)3)35-51(69)56-44-20-21-47(33-44)63(56)7)52(74-9)36-54(71)66-24-15-18-49(66)57(75-10)42(6)50(68)34-45(32-43-16-13-12-14-17-43)58(72)60-23-26-76-28-30-78-31-29-77-27-25-65-37-46(61-62-65)38-67-41(5)19-22-53(67)70/h12-14,16-17,19,22,37,39-40,42,44-45,47-49,52,55-57H,5,11,15,18,20-21,23-36,38H2,1-4,6-10H3,(H,60,72)/t40-,42-,44-,45+,47+,48-,49-,52+,55-,56-,57+/m0/s1. The summed E-state index contributed by atoms with van der Waals surface area (Å²) in [6.45, 7) is 17.5. The molecule has 2 saturated heterocycles. The lowest BCUT2D eigenvalue weighted by atomic mass is 9.83. The highest BCUT2D eigenvalue weighted by atomic mass is 16.5. The Labute approximate surface area is 463 Å². The van der Waals surface area contributed by atoms with Crippen LogP contribution in [-0.4, -0.2) is 187 Å². The van der Waals surface area contributed by atoms with Crippen LogP contribution in [-0.2, 0) is 72.0 Å². The number of hydrogen-bond acceptors (Lipinski definition) is 14. The molecule has 19 heteroatoms. The first kappa shape index (κ1) is 62.0. The zero-order valence-electron chi connectivity index (χ0n) is 48.0. The van der Waals surface area contributed by atoms with Gasteiger partial charge in [-0.2, -0.15) is 0 Å². The Morgan fingerprint density at radius 1 is 0.885 bits per heavy atom. The average Bonchev–Trinajstić information content (AvgIpc) is 4.31. The number of carbonyl (C=O) groups excluding carboxylic acids is 6. The van der Waals surface area contributed by atoms with Gasteiger partial charge in [0.15, 0.2) is 5.78 Å². The topological polar surface area (TPSA) is 204 Å². The average molecular weight is 1090 g/mol. The highest BCUT2D eigenvalue weighted by Crippen LogP contribution is 2.43. The molecule has 78 heavy (non-hydrogen) atoms. The molecule has 3 aliphatic heterocycles. The van der Waals surface area contributed by atoms with Gasteiger partial charge in [-0.1, -0.05) is 83.2 Å². The third-order valence-electron chi connectivity index (χ3n) is 17.0. The number of amides is 4. The van der Waals surface area contributed by atoms with Crippen LogP contribution in [0.2, 0.25) is 0 Å². The summed E-state index contributed by atoms with van der Waals surface area (Å²) in [5.41, 5.74) is 2.21. The monoisotopic (exact) mass is 1090 g/mol. The van der Waals surface area contributed by atoms with E-state index in [1.807, 2.05) is 63.1 Å². The highest BCUT2D eigenvalue weighted by Gasteiger charge is 2.49. The second kappa shape index (κ2) is 30.4. The number of carbonyl (C=O) groups is 6. The van der Waals surface area contributed by atoms with Crippen LogP contribution in [0, 0.1) is 35.5 Å². The van der Waals surface area contributed by atoms with Crippen LogP contribution in [0.4, 0.5) is 0 Å². The van der Waals surface area contributed by atoms with Crippen molar-refractivity contribution in [3.05, 3.63) is 72.2 Å². The fourth-order valence-corrected chi connectivity index (χ4v) is 12.3. The predicted molar refractivity (Wildman–Crippen MR) is 294 cm³/mol. The predicted octanol–water partition coefficient (Wildman–Crippen LogP) is 5.31. The van der Waals surface area contributed by atoms with E-state index in [1.165, 1.54) is 11.0 Å². The minimum absolute atomic E-state index is 0.0116. The third-order valence-corrected chi connectivity index (χ3v) is 17.0. The number of ether oxygens (including phenoxy) is 5. The van der Waals surface area contributed by atoms with E-state index in [0.717, 1.165) is 37.7 Å². The van der Waals surface area contributed by atoms with Gasteiger partial charge in [0.1, 0.15) is 11.5 Å². The molecule has 4 heterocycles. The summed E-state index contributed by atoms with van der Waals surface area (Å²) >= 11 is 0. The van der Waals surface area contributed by atoms with Gasteiger partial charge in [-0.15, -0.1) is 5.10 Å². The van der Waals surface area contributed by atoms with Gasteiger partial charge in [-0.25, -0.2) is 4.68 Å². The number of methoxy groups -OCH3 is 2. The molecule has 1 aliphatic carbocycles. The number of likely N-dealkylation sites (N-methyl/N-ethyl adjacent to an activating group) is 2. The molecule has 19 nitrogen and oxygen atoms in total. The second-order valence-corrected chi connectivity index (χ2v) is 22.4. The lowest BCUT2D eigenvalue weighted by Gasteiger charge is -2.41. The number of benzene rings is 1. The largest absolute Gasteiger partial charge is 0.379 e. The summed E-state index contributed by atoms with van der Waals surface area (Å²) in [5, 5.41) is 11.2. The number of nitrogens with zero attached hydrogens (tertiary/aromatic N) is 7. The third kappa shape index (κ3) is 16.5. The number of ketones is 2. The SMILES string of the molecule is C=C1C=CC(=O)N1Cc1cn(CCOCCOCCOCCNC(=O)[C@@H](CC(=O)[C@H](C)[C@@H](OC)[C@@H]2CCCN2C(=O)C[C@@H](OC)[C@H]([C@@H](C)CC)N(C)C(=O)[C@@H](CC(=O)[C@@H]2[C@H]3CC[C@H](C3)N2C)C(C)C)Cc2ccccc2)nn1. The van der Waals surface area contributed by atoms with Crippen LogP contribution >= 0.6 is 0 Å². The van der Waals surface area contributed by atoms with Crippen LogP contribution in [0.15, 0.2) is 61.0 Å². The molecule has 432 valence electrons. The van der Waals surface area contributed by atoms with Crippen molar-refractivity contribution in [3.63, 3.8) is 0 Å². The number of nitrogens with one attached hydrogen (secondary N) is 1. The van der Waals surface area contributed by atoms with E-state index in [0.29, 0.717) is 88.9 Å². The number of piperidine rings is 1. The molecular formula is C59H90N8O11. The quantitative estimate of drug-likeness (QED) is 0.0870. The van der Waals surface area contributed by atoms with Crippen molar-refractivity contribution in [3.8, 4) is 0 Å². The molecule has 11 atom stereocenters. The molecule has 1 aromatic heterocycles. The summed E-state index contributed by atoms with van der Waals surface area (Å²) in [4.78, 5) is 90.4. The Balaban J connectivity index is 0.954. The van der Waals surface area contributed by atoms with E-state index in [-0.39, 0.29) is 91.5 Å². The van der Waals surface area contributed by atoms with Crippen molar-refractivity contribution in [2.24, 2.45) is 35.5 Å². The fourth-order valence-electron chi connectivity index (χ4n) is 12.3. The molecule has 2 aromatic rings. The maximum Gasteiger partial charge on any atom is 0.251 e. The van der Waals surface area contributed by atoms with E-state index in [1.54, 1.807) is 43.1 Å². The van der Waals surface area contributed by atoms with Gasteiger partial charge in [0.25, 0.3) is 5.91 Å². The van der Waals surface area contributed by atoms with Gasteiger partial charge < -0.3 is 43.7 Å². The summed E-state index contributed by atoms with van der Waals surface area (Å²) in [6.07, 6.45) is 9.63. The number of aromatic nitrogens is 3. The van der Waals surface area contributed by atoms with Gasteiger partial charge in [0, 0.05) is 82.8 Å². The van der Waals surface area contributed by atoms with Crippen LogP contribution in [0.3, 0.4) is 0 Å². The molecule has 1 N–H and O–H groups in total. The number of likely N-dealkylation sites (tertiary alicyclic amines) is 2. The maximum absolute atomic E-state index is 14.6. The Hall–Kier alpha value is -5.18. The Kier molecular flexibility index (Phi) is 24.2. The van der Waals surface area contributed by atoms with Crippen molar-refractivity contribution in [2.75, 3.05) is 81.0 Å². The Morgan fingerprint density at radius 2 is 1.59 bits per heavy atom. The van der Waals surface area contributed by atoms with Crippen LogP contribution < -0.4 is 5.32 Å². The molecule has 1 saturated carbocycles. The van der Waals surface area contributed by atoms with E-state index in [9.17, 15) is 28.8 Å². The normalized spacial score (nSPS) is 22.0. The summed E-state index contributed by atoms with van der Waals surface area (Å²) < 4.78 is 31.0. The first-order valence-electron chi connectivity index (χ1n) is 28.5. The minimum Gasteiger partial charge on any atom is -0.379 e. The van der Waals surface area contributed by atoms with E-state index in [4.69, 9.17) is 23.7 Å². The van der Waals surface area contributed by atoms with Crippen molar-refractivity contribution in [2.45, 2.75) is 148 Å². The first-order chi connectivity index (χ1) is 37.5. The second-order valence-electron chi connectivity index (χ2n) is 22.4. The minimum atomic E-state index is -0.651. The van der Waals surface area contributed by atoms with Crippen molar-refractivity contribution >= 4 is 35.2 Å². The number of hydrogen-bond donors (Lipinski definition) is 1. The summed E-state index contributed by atoms with van der Waals surface area (Å²) in [5.74, 6) is -2.08. The maximum atomic E-state index is 14.6. The van der Waals surface area contributed by atoms with Gasteiger partial charge in [0.2, 0.25) is 17.7 Å². The van der Waals surface area contributed by atoms with Gasteiger partial charge in [0.05, 0.1) is 95.7 Å². The summed E-state index contributed by atoms with van der Waals surface area (Å²) in [6, 6.07) is 9.13. The van der Waals surface area contributed by atoms with Gasteiger partial charge in [-0.3, -0.25) is 33.7 Å². The molecule has 0 unspecified atom stereocenters. The van der Waals surface area contributed by atoms with Crippen molar-refractivity contribution in [1.82, 2.24) is 39.9 Å². The molecule has 4 aliphatic rings. The molecule has 0 radical (unpaired) electrons. The molecule has 1 aromatic carbocycles. The number of Topliss-reactive ketones (excluding diaryl/α,β-unsaturated/α-hetero) is 2. The number of fused-ring (bicyclic) bond motifs is 2. The molecule has 6 rings (SSSR count). The van der Waals surface area contributed by atoms with Crippen molar-refractivity contribution < 1.29 is 52.5 Å². The zero-order chi connectivity index (χ0) is 56.5. The smallest absolute Gasteiger partial charge is 0.251 e. The van der Waals surface area contributed by atoms with Gasteiger partial charge >= 0.3 is 0 Å². The van der Waals surface area contributed by atoms with Crippen molar-refractivity contribution in [1.29, 1.82) is 0 Å². The molecule has 3 fully saturated rings. The van der Waals surface area contributed by atoms with Gasteiger partial charge in [-0.05, 0) is 75.0 Å². The zero-order valence-corrected chi connectivity index (χ0v) is 48.0.